The van der Waals surface area contributed by atoms with Gasteiger partial charge in [-0.2, -0.15) is 4.98 Å². The minimum atomic E-state index is -0.202. The van der Waals surface area contributed by atoms with Gasteiger partial charge in [-0.3, -0.25) is 9.78 Å². The first-order valence-corrected chi connectivity index (χ1v) is 9.43. The number of carbonyl (C=O) groups is 1. The van der Waals surface area contributed by atoms with Gasteiger partial charge in [0.2, 0.25) is 11.7 Å². The van der Waals surface area contributed by atoms with Gasteiger partial charge in [0.05, 0.1) is 17.1 Å². The van der Waals surface area contributed by atoms with Gasteiger partial charge < -0.3 is 9.84 Å². The second kappa shape index (κ2) is 7.14. The molecule has 26 heavy (non-hydrogen) atoms. The van der Waals surface area contributed by atoms with E-state index < -0.39 is 0 Å². The van der Waals surface area contributed by atoms with Crippen molar-refractivity contribution in [3.63, 3.8) is 0 Å². The van der Waals surface area contributed by atoms with Crippen LogP contribution in [0.3, 0.4) is 0 Å². The van der Waals surface area contributed by atoms with E-state index in [1.165, 1.54) is 11.3 Å². The zero-order valence-corrected chi connectivity index (χ0v) is 15.3. The van der Waals surface area contributed by atoms with E-state index >= 15 is 0 Å². The van der Waals surface area contributed by atoms with Crippen molar-refractivity contribution in [2.24, 2.45) is 0 Å². The summed E-state index contributed by atoms with van der Waals surface area (Å²) in [5.41, 5.74) is 1.51. The number of aryl methyl sites for hydroxylation is 1. The first-order valence-electron chi connectivity index (χ1n) is 7.73. The number of hydrogen-bond donors (Lipinski definition) is 1. The van der Waals surface area contributed by atoms with Crippen LogP contribution >= 0.6 is 22.7 Å². The zero-order valence-electron chi connectivity index (χ0n) is 13.7. The van der Waals surface area contributed by atoms with Gasteiger partial charge in [0.15, 0.2) is 0 Å². The van der Waals surface area contributed by atoms with Gasteiger partial charge in [0, 0.05) is 18.0 Å². The molecule has 4 rings (SSSR count). The normalized spacial score (nSPS) is 10.8. The smallest absolute Gasteiger partial charge is 0.263 e. The van der Waals surface area contributed by atoms with Gasteiger partial charge in [-0.1, -0.05) is 11.2 Å². The third-order valence-electron chi connectivity index (χ3n) is 3.54. The molecule has 1 amide bonds. The van der Waals surface area contributed by atoms with Crippen molar-refractivity contribution in [1.82, 2.24) is 25.4 Å². The maximum Gasteiger partial charge on any atom is 0.263 e. The van der Waals surface area contributed by atoms with Gasteiger partial charge in [0.25, 0.3) is 5.91 Å². The standard InChI is InChI=1S/C17H13N5O2S2/c1-10-14(26-17(20-10)12-3-2-8-25-12)16(23)19-9-13-21-15(22-24-13)11-4-6-18-7-5-11/h2-8H,9H2,1H3,(H,19,23). The molecule has 0 aliphatic carbocycles. The van der Waals surface area contributed by atoms with Crippen LogP contribution < -0.4 is 5.32 Å². The molecule has 0 unspecified atom stereocenters. The molecule has 0 spiro atoms. The molecule has 0 fully saturated rings. The predicted octanol–water partition coefficient (Wildman–Crippen LogP) is 3.56. The maximum atomic E-state index is 12.5. The van der Waals surface area contributed by atoms with Crippen LogP contribution in [0.4, 0.5) is 0 Å². The van der Waals surface area contributed by atoms with Crippen LogP contribution in [-0.2, 0) is 6.54 Å². The number of pyridine rings is 1. The van der Waals surface area contributed by atoms with Crippen LogP contribution in [0.1, 0.15) is 21.3 Å². The van der Waals surface area contributed by atoms with Crippen molar-refractivity contribution in [2.45, 2.75) is 13.5 Å². The fraction of sp³-hybridized carbons (Fsp3) is 0.118. The van der Waals surface area contributed by atoms with E-state index in [0.29, 0.717) is 22.3 Å². The second-order valence-corrected chi connectivity index (χ2v) is 7.29. The number of nitrogens with zero attached hydrogens (tertiary/aromatic N) is 4. The predicted molar refractivity (Wildman–Crippen MR) is 98.9 cm³/mol. The summed E-state index contributed by atoms with van der Waals surface area (Å²) in [6, 6.07) is 7.54. The Bertz CT molecular complexity index is 1020. The molecule has 0 radical (unpaired) electrons. The highest BCUT2D eigenvalue weighted by molar-refractivity contribution is 7.22. The maximum absolute atomic E-state index is 12.5. The first kappa shape index (κ1) is 16.6. The summed E-state index contributed by atoms with van der Waals surface area (Å²) in [6.07, 6.45) is 3.32. The van der Waals surface area contributed by atoms with Crippen molar-refractivity contribution >= 4 is 28.6 Å². The molecule has 0 aliphatic rings. The third kappa shape index (κ3) is 3.39. The lowest BCUT2D eigenvalue weighted by atomic mass is 10.2. The Morgan fingerprint density at radius 3 is 2.85 bits per heavy atom. The largest absolute Gasteiger partial charge is 0.342 e. The topological polar surface area (TPSA) is 93.8 Å². The van der Waals surface area contributed by atoms with E-state index in [-0.39, 0.29) is 12.5 Å². The molecule has 0 aliphatic heterocycles. The number of rotatable bonds is 5. The van der Waals surface area contributed by atoms with Crippen molar-refractivity contribution in [3.05, 3.63) is 58.5 Å². The molecule has 130 valence electrons. The van der Waals surface area contributed by atoms with Crippen molar-refractivity contribution in [1.29, 1.82) is 0 Å². The Morgan fingerprint density at radius 1 is 1.23 bits per heavy atom. The van der Waals surface area contributed by atoms with E-state index in [1.54, 1.807) is 35.9 Å². The number of thiazole rings is 1. The summed E-state index contributed by atoms with van der Waals surface area (Å²) in [6.45, 7) is 1.99. The van der Waals surface area contributed by atoms with E-state index in [4.69, 9.17) is 4.52 Å². The fourth-order valence-electron chi connectivity index (χ4n) is 2.29. The zero-order chi connectivity index (χ0) is 17.9. The highest BCUT2D eigenvalue weighted by atomic mass is 32.1. The van der Waals surface area contributed by atoms with E-state index in [0.717, 1.165) is 15.4 Å². The van der Waals surface area contributed by atoms with Crippen LogP contribution in [0.2, 0.25) is 0 Å². The lowest BCUT2D eigenvalue weighted by molar-refractivity contribution is 0.0949. The van der Waals surface area contributed by atoms with Gasteiger partial charge >= 0.3 is 0 Å². The number of nitrogens with one attached hydrogen (secondary N) is 1. The average Bonchev–Trinajstić information content (AvgIpc) is 3.41. The van der Waals surface area contributed by atoms with E-state index in [2.05, 4.69) is 25.4 Å². The Morgan fingerprint density at radius 2 is 2.08 bits per heavy atom. The van der Waals surface area contributed by atoms with Gasteiger partial charge in [-0.05, 0) is 30.5 Å². The van der Waals surface area contributed by atoms with Crippen molar-refractivity contribution in [3.8, 4) is 21.3 Å². The molecule has 4 heterocycles. The fourth-order valence-corrected chi connectivity index (χ4v) is 4.07. The Hall–Kier alpha value is -2.91. The summed E-state index contributed by atoms with van der Waals surface area (Å²) in [4.78, 5) is 26.8. The highest BCUT2D eigenvalue weighted by Gasteiger charge is 2.17. The van der Waals surface area contributed by atoms with Crippen LogP contribution in [0.25, 0.3) is 21.3 Å². The number of amides is 1. The third-order valence-corrected chi connectivity index (χ3v) is 5.74. The molecule has 0 saturated carbocycles. The van der Waals surface area contributed by atoms with Crippen LogP contribution in [-0.4, -0.2) is 26.0 Å². The van der Waals surface area contributed by atoms with E-state index in [9.17, 15) is 4.79 Å². The molecule has 1 N–H and O–H groups in total. The summed E-state index contributed by atoms with van der Waals surface area (Å²) in [5.74, 6) is 0.600. The highest BCUT2D eigenvalue weighted by Crippen LogP contribution is 2.31. The summed E-state index contributed by atoms with van der Waals surface area (Å²) >= 11 is 2.98. The molecular formula is C17H13N5O2S2. The van der Waals surface area contributed by atoms with Crippen LogP contribution in [0, 0.1) is 6.92 Å². The minimum Gasteiger partial charge on any atom is -0.342 e. The molecule has 4 aromatic heterocycles. The quantitative estimate of drug-likeness (QED) is 0.566. The molecule has 0 aromatic carbocycles. The number of hydrogen-bond acceptors (Lipinski definition) is 8. The van der Waals surface area contributed by atoms with E-state index in [1.807, 2.05) is 24.4 Å². The Kier molecular flexibility index (Phi) is 4.55. The Labute approximate surface area is 156 Å². The lowest BCUT2D eigenvalue weighted by Crippen LogP contribution is -2.22. The first-order chi connectivity index (χ1) is 12.7. The molecular weight excluding hydrogens is 370 g/mol. The summed E-state index contributed by atoms with van der Waals surface area (Å²) in [5, 5.41) is 9.56. The van der Waals surface area contributed by atoms with Crippen LogP contribution in [0.5, 0.6) is 0 Å². The molecule has 7 nitrogen and oxygen atoms in total. The molecule has 0 saturated heterocycles. The molecule has 9 heteroatoms. The summed E-state index contributed by atoms with van der Waals surface area (Å²) < 4.78 is 5.19. The summed E-state index contributed by atoms with van der Waals surface area (Å²) in [7, 11) is 0. The van der Waals surface area contributed by atoms with Crippen LogP contribution in [0.15, 0.2) is 46.6 Å². The van der Waals surface area contributed by atoms with Crippen molar-refractivity contribution in [2.75, 3.05) is 0 Å². The monoisotopic (exact) mass is 383 g/mol. The van der Waals surface area contributed by atoms with Gasteiger partial charge in [0.1, 0.15) is 9.88 Å². The van der Waals surface area contributed by atoms with Gasteiger partial charge in [-0.15, -0.1) is 22.7 Å². The minimum absolute atomic E-state index is 0.155. The number of aromatic nitrogens is 4. The SMILES string of the molecule is Cc1nc(-c2cccs2)sc1C(=O)NCc1nc(-c2ccncc2)no1. The van der Waals surface area contributed by atoms with Crippen molar-refractivity contribution < 1.29 is 9.32 Å². The molecule has 4 aromatic rings. The van der Waals surface area contributed by atoms with Gasteiger partial charge in [-0.25, -0.2) is 4.98 Å². The number of carbonyl (C=O) groups excluding carboxylic acids is 1. The number of thiophene rings is 1. The average molecular weight is 383 g/mol. The molecule has 0 bridgehead atoms. The lowest BCUT2D eigenvalue weighted by Gasteiger charge is -1.99. The Balaban J connectivity index is 1.44. The second-order valence-electron chi connectivity index (χ2n) is 5.34. The molecule has 0 atom stereocenters.